The largest absolute Gasteiger partial charge is 0.490 e. The van der Waals surface area contributed by atoms with Crippen LogP contribution in [0.4, 0.5) is 5.69 Å². The lowest BCUT2D eigenvalue weighted by atomic mass is 10.0. The first-order valence-corrected chi connectivity index (χ1v) is 12.1. The molecule has 8 heteroatoms. The molecule has 0 aliphatic rings. The van der Waals surface area contributed by atoms with E-state index in [1.807, 2.05) is 36.4 Å². The van der Waals surface area contributed by atoms with Crippen molar-refractivity contribution in [1.82, 2.24) is 5.32 Å². The van der Waals surface area contributed by atoms with E-state index in [1.165, 1.54) is 10.6 Å². The highest BCUT2D eigenvalue weighted by atomic mass is 35.5. The number of carbonyl (C=O) groups excluding carboxylic acids is 1. The maximum atomic E-state index is 12.2. The van der Waals surface area contributed by atoms with Crippen molar-refractivity contribution in [3.05, 3.63) is 59.1 Å². The van der Waals surface area contributed by atoms with Gasteiger partial charge in [-0.25, -0.2) is 8.42 Å². The van der Waals surface area contributed by atoms with Gasteiger partial charge in [0.05, 0.1) is 23.5 Å². The predicted octanol–water partition coefficient (Wildman–Crippen LogP) is 4.20. The number of rotatable bonds is 11. The SMILES string of the molecule is CC(C)c1ccc(N(CCCC(=O)NCCOc2ccccc2Cl)S(C)(=O)=O)cc1. The molecule has 0 saturated carbocycles. The van der Waals surface area contributed by atoms with Crippen molar-refractivity contribution in [1.29, 1.82) is 0 Å². The summed E-state index contributed by atoms with van der Waals surface area (Å²) in [6, 6.07) is 14.6. The van der Waals surface area contributed by atoms with Crippen LogP contribution in [0.5, 0.6) is 5.75 Å². The summed E-state index contributed by atoms with van der Waals surface area (Å²) in [6.45, 7) is 5.05. The lowest BCUT2D eigenvalue weighted by Gasteiger charge is -2.23. The Morgan fingerprint density at radius 3 is 2.40 bits per heavy atom. The molecule has 0 unspecified atom stereocenters. The summed E-state index contributed by atoms with van der Waals surface area (Å²) >= 11 is 6.01. The number of nitrogens with zero attached hydrogens (tertiary/aromatic N) is 1. The van der Waals surface area contributed by atoms with E-state index in [9.17, 15) is 13.2 Å². The van der Waals surface area contributed by atoms with Crippen LogP contribution in [0.2, 0.25) is 5.02 Å². The standard InChI is InChI=1S/C22H29ClN2O4S/c1-17(2)18-10-12-19(13-11-18)25(30(3,27)28)15-6-9-22(26)24-14-16-29-21-8-5-4-7-20(21)23/h4-5,7-8,10-13,17H,6,9,14-16H2,1-3H3,(H,24,26). The van der Waals surface area contributed by atoms with Crippen molar-refractivity contribution >= 4 is 33.2 Å². The molecule has 164 valence electrons. The molecule has 2 rings (SSSR count). The molecule has 0 saturated heterocycles. The van der Waals surface area contributed by atoms with Gasteiger partial charge in [0.15, 0.2) is 0 Å². The summed E-state index contributed by atoms with van der Waals surface area (Å²) in [6.07, 6.45) is 1.81. The van der Waals surface area contributed by atoms with Crippen molar-refractivity contribution in [3.63, 3.8) is 0 Å². The Labute approximate surface area is 184 Å². The third-order valence-corrected chi connectivity index (χ3v) is 6.04. The minimum Gasteiger partial charge on any atom is -0.490 e. The van der Waals surface area contributed by atoms with Gasteiger partial charge in [-0.05, 0) is 42.2 Å². The number of amides is 1. The Balaban J connectivity index is 1.79. The number of benzene rings is 2. The molecule has 0 heterocycles. The van der Waals surface area contributed by atoms with Crippen LogP contribution in [0.1, 0.15) is 38.2 Å². The number of carbonyl (C=O) groups is 1. The van der Waals surface area contributed by atoms with E-state index >= 15 is 0 Å². The smallest absolute Gasteiger partial charge is 0.232 e. The predicted molar refractivity (Wildman–Crippen MR) is 122 cm³/mol. The molecular formula is C22H29ClN2O4S. The fraction of sp³-hybridized carbons (Fsp3) is 0.409. The highest BCUT2D eigenvalue weighted by molar-refractivity contribution is 7.92. The Morgan fingerprint density at radius 1 is 1.13 bits per heavy atom. The molecule has 6 nitrogen and oxygen atoms in total. The van der Waals surface area contributed by atoms with Gasteiger partial charge in [0.1, 0.15) is 12.4 Å². The fourth-order valence-corrected chi connectivity index (χ4v) is 4.05. The van der Waals surface area contributed by atoms with E-state index in [2.05, 4.69) is 19.2 Å². The fourth-order valence-electron chi connectivity index (χ4n) is 2.90. The van der Waals surface area contributed by atoms with Crippen LogP contribution in [0.3, 0.4) is 0 Å². The van der Waals surface area contributed by atoms with Gasteiger partial charge in [-0.3, -0.25) is 9.10 Å². The molecule has 2 aromatic rings. The molecule has 0 spiro atoms. The van der Waals surface area contributed by atoms with E-state index in [0.717, 1.165) is 5.56 Å². The Morgan fingerprint density at radius 2 is 1.80 bits per heavy atom. The summed E-state index contributed by atoms with van der Waals surface area (Å²) in [4.78, 5) is 12.0. The number of nitrogens with one attached hydrogen (secondary N) is 1. The first-order chi connectivity index (χ1) is 14.2. The minimum absolute atomic E-state index is 0.152. The van der Waals surface area contributed by atoms with Crippen LogP contribution in [0.25, 0.3) is 0 Å². The molecule has 1 amide bonds. The lowest BCUT2D eigenvalue weighted by Crippen LogP contribution is -2.32. The zero-order valence-corrected chi connectivity index (χ0v) is 19.2. The number of para-hydroxylation sites is 1. The maximum Gasteiger partial charge on any atom is 0.232 e. The second-order valence-electron chi connectivity index (χ2n) is 7.31. The van der Waals surface area contributed by atoms with Crippen LogP contribution >= 0.6 is 11.6 Å². The third kappa shape index (κ3) is 7.54. The minimum atomic E-state index is -3.44. The van der Waals surface area contributed by atoms with Crippen molar-refractivity contribution in [2.24, 2.45) is 0 Å². The van der Waals surface area contributed by atoms with Crippen molar-refractivity contribution in [2.45, 2.75) is 32.6 Å². The number of ether oxygens (including phenoxy) is 1. The van der Waals surface area contributed by atoms with Gasteiger partial charge in [-0.15, -0.1) is 0 Å². The third-order valence-electron chi connectivity index (χ3n) is 4.53. The van der Waals surface area contributed by atoms with E-state index in [1.54, 1.807) is 12.1 Å². The normalized spacial score (nSPS) is 11.4. The highest BCUT2D eigenvalue weighted by Gasteiger charge is 2.17. The van der Waals surface area contributed by atoms with Gasteiger partial charge in [0.25, 0.3) is 0 Å². The van der Waals surface area contributed by atoms with Gasteiger partial charge < -0.3 is 10.1 Å². The molecule has 1 N–H and O–H groups in total. The monoisotopic (exact) mass is 452 g/mol. The van der Waals surface area contributed by atoms with Crippen LogP contribution in [0, 0.1) is 0 Å². The molecule has 0 fully saturated rings. The molecule has 0 radical (unpaired) electrons. The molecule has 2 aromatic carbocycles. The quantitative estimate of drug-likeness (QED) is 0.518. The number of sulfonamides is 1. The molecular weight excluding hydrogens is 424 g/mol. The first kappa shape index (κ1) is 24.0. The number of hydrogen-bond donors (Lipinski definition) is 1. The second-order valence-corrected chi connectivity index (χ2v) is 9.63. The lowest BCUT2D eigenvalue weighted by molar-refractivity contribution is -0.121. The van der Waals surface area contributed by atoms with Crippen LogP contribution in [0.15, 0.2) is 48.5 Å². The van der Waals surface area contributed by atoms with E-state index in [0.29, 0.717) is 41.9 Å². The summed E-state index contributed by atoms with van der Waals surface area (Å²) in [7, 11) is -3.44. The van der Waals surface area contributed by atoms with E-state index in [4.69, 9.17) is 16.3 Å². The number of anilines is 1. The molecule has 30 heavy (non-hydrogen) atoms. The summed E-state index contributed by atoms with van der Waals surface area (Å²) in [5.74, 6) is 0.790. The van der Waals surface area contributed by atoms with Crippen LogP contribution in [-0.2, 0) is 14.8 Å². The van der Waals surface area contributed by atoms with Crippen LogP contribution < -0.4 is 14.4 Å². The van der Waals surface area contributed by atoms with Crippen LogP contribution in [-0.4, -0.2) is 40.3 Å². The second kappa shape index (κ2) is 11.2. The van der Waals surface area contributed by atoms with E-state index < -0.39 is 10.0 Å². The molecule has 0 bridgehead atoms. The molecule has 0 aromatic heterocycles. The van der Waals surface area contributed by atoms with Gasteiger partial charge in [-0.1, -0.05) is 49.7 Å². The Kier molecular flexibility index (Phi) is 8.99. The summed E-state index contributed by atoms with van der Waals surface area (Å²) < 4.78 is 31.3. The van der Waals surface area contributed by atoms with Gasteiger partial charge in [0, 0.05) is 13.0 Å². The topological polar surface area (TPSA) is 75.7 Å². The average molecular weight is 453 g/mol. The maximum absolute atomic E-state index is 12.2. The van der Waals surface area contributed by atoms with Crippen molar-refractivity contribution < 1.29 is 17.9 Å². The Hall–Kier alpha value is -2.25. The van der Waals surface area contributed by atoms with Crippen molar-refractivity contribution in [3.8, 4) is 5.75 Å². The molecule has 0 aliphatic carbocycles. The van der Waals surface area contributed by atoms with Gasteiger partial charge in [0.2, 0.25) is 15.9 Å². The van der Waals surface area contributed by atoms with Gasteiger partial charge >= 0.3 is 0 Å². The molecule has 0 aliphatic heterocycles. The number of hydrogen-bond acceptors (Lipinski definition) is 4. The summed E-state index contributed by atoms with van der Waals surface area (Å²) in [5.41, 5.74) is 1.75. The molecule has 0 atom stereocenters. The first-order valence-electron chi connectivity index (χ1n) is 9.90. The van der Waals surface area contributed by atoms with E-state index in [-0.39, 0.29) is 18.9 Å². The average Bonchev–Trinajstić information content (AvgIpc) is 2.69. The summed E-state index contributed by atoms with van der Waals surface area (Å²) in [5, 5.41) is 3.29. The Bertz CT molecular complexity index is 930. The zero-order chi connectivity index (χ0) is 22.1. The zero-order valence-electron chi connectivity index (χ0n) is 17.6. The van der Waals surface area contributed by atoms with Gasteiger partial charge in [-0.2, -0.15) is 0 Å². The highest BCUT2D eigenvalue weighted by Crippen LogP contribution is 2.23. The van der Waals surface area contributed by atoms with Crippen molar-refractivity contribution in [2.75, 3.05) is 30.3 Å². The number of halogens is 1.